The Bertz CT molecular complexity index is 806. The molecule has 0 aromatic heterocycles. The Morgan fingerprint density at radius 1 is 0.480 bits per heavy atom. The Morgan fingerprint density at radius 2 is 0.840 bits per heavy atom. The first-order valence-corrected chi connectivity index (χ1v) is 8.71. The molecule has 0 fully saturated rings. The highest BCUT2D eigenvalue weighted by molar-refractivity contribution is 5.78. The molecule has 3 aromatic carbocycles. The molecule has 1 heteroatoms. The van der Waals surface area contributed by atoms with Crippen molar-refractivity contribution in [2.45, 2.75) is 41.5 Å². The van der Waals surface area contributed by atoms with Gasteiger partial charge in [0, 0.05) is 0 Å². The third-order valence-electron chi connectivity index (χ3n) is 4.89. The lowest BCUT2D eigenvalue weighted by Gasteiger charge is -2.18. The largest absolute Gasteiger partial charge is 0.508 e. The van der Waals surface area contributed by atoms with E-state index in [4.69, 9.17) is 5.11 Å². The lowest BCUT2D eigenvalue weighted by Crippen LogP contribution is -1.97. The van der Waals surface area contributed by atoms with Gasteiger partial charge in [0.25, 0.3) is 0 Å². The number of hydrogen-bond acceptors (Lipinski definition) is 1. The predicted molar refractivity (Wildman–Crippen MR) is 108 cm³/mol. The Kier molecular flexibility index (Phi) is 6.03. The van der Waals surface area contributed by atoms with Crippen LogP contribution in [-0.2, 0) is 0 Å². The van der Waals surface area contributed by atoms with E-state index in [2.05, 4.69) is 65.8 Å². The minimum absolute atomic E-state index is 0.322. The molecule has 0 aliphatic carbocycles. The van der Waals surface area contributed by atoms with Gasteiger partial charge in [-0.1, -0.05) is 42.5 Å². The van der Waals surface area contributed by atoms with Crippen molar-refractivity contribution in [1.82, 2.24) is 0 Å². The molecule has 0 unspecified atom stereocenters. The zero-order chi connectivity index (χ0) is 18.6. The van der Waals surface area contributed by atoms with Crippen molar-refractivity contribution in [2.75, 3.05) is 0 Å². The highest BCUT2D eigenvalue weighted by Crippen LogP contribution is 2.35. The topological polar surface area (TPSA) is 20.2 Å². The molecular formula is C24H28O. The summed E-state index contributed by atoms with van der Waals surface area (Å²) in [7, 11) is 0. The summed E-state index contributed by atoms with van der Waals surface area (Å²) < 4.78 is 0. The maximum absolute atomic E-state index is 8.63. The number of benzene rings is 3. The molecule has 0 saturated carbocycles. The summed E-state index contributed by atoms with van der Waals surface area (Å²) in [6.07, 6.45) is 0. The van der Waals surface area contributed by atoms with E-state index in [1.807, 2.05) is 6.07 Å². The van der Waals surface area contributed by atoms with Crippen molar-refractivity contribution < 1.29 is 5.11 Å². The van der Waals surface area contributed by atoms with Crippen LogP contribution in [0.1, 0.15) is 33.4 Å². The fourth-order valence-corrected chi connectivity index (χ4v) is 3.10. The van der Waals surface area contributed by atoms with E-state index in [9.17, 15) is 0 Å². The molecular weight excluding hydrogens is 304 g/mol. The number of para-hydroxylation sites is 1. The third-order valence-corrected chi connectivity index (χ3v) is 4.89. The van der Waals surface area contributed by atoms with Gasteiger partial charge >= 0.3 is 0 Å². The zero-order valence-corrected chi connectivity index (χ0v) is 16.1. The number of phenols is 1. The molecule has 0 amide bonds. The van der Waals surface area contributed by atoms with Crippen LogP contribution in [0, 0.1) is 41.5 Å². The lowest BCUT2D eigenvalue weighted by molar-refractivity contribution is 0.475. The molecule has 0 aliphatic heterocycles. The van der Waals surface area contributed by atoms with Crippen molar-refractivity contribution >= 4 is 0 Å². The SMILES string of the molecule is Cc1ccc(C)c(-c2c(C)ccc(C)c2C)c1C.Oc1ccccc1. The number of phenolic OH excluding ortho intramolecular Hbond substituents is 1. The van der Waals surface area contributed by atoms with Crippen LogP contribution in [-0.4, -0.2) is 5.11 Å². The second kappa shape index (κ2) is 8.02. The minimum atomic E-state index is 0.322. The fourth-order valence-electron chi connectivity index (χ4n) is 3.10. The first kappa shape index (κ1) is 18.8. The van der Waals surface area contributed by atoms with E-state index in [0.29, 0.717) is 5.75 Å². The van der Waals surface area contributed by atoms with Crippen LogP contribution >= 0.6 is 0 Å². The van der Waals surface area contributed by atoms with Gasteiger partial charge in [0.2, 0.25) is 0 Å². The van der Waals surface area contributed by atoms with Crippen LogP contribution in [0.2, 0.25) is 0 Å². The second-order valence-electron chi connectivity index (χ2n) is 6.73. The quantitative estimate of drug-likeness (QED) is 0.532. The molecule has 0 heterocycles. The molecule has 1 nitrogen and oxygen atoms in total. The van der Waals surface area contributed by atoms with E-state index in [0.717, 1.165) is 0 Å². The van der Waals surface area contributed by atoms with Gasteiger partial charge < -0.3 is 5.11 Å². The third kappa shape index (κ3) is 4.30. The number of rotatable bonds is 1. The second-order valence-corrected chi connectivity index (χ2v) is 6.73. The van der Waals surface area contributed by atoms with Gasteiger partial charge in [-0.15, -0.1) is 0 Å². The Hall–Kier alpha value is -2.54. The Labute approximate surface area is 152 Å². The van der Waals surface area contributed by atoms with Crippen molar-refractivity contribution in [1.29, 1.82) is 0 Å². The fraction of sp³-hybridized carbons (Fsp3) is 0.250. The van der Waals surface area contributed by atoms with Crippen molar-refractivity contribution in [3.8, 4) is 16.9 Å². The van der Waals surface area contributed by atoms with E-state index in [1.54, 1.807) is 24.3 Å². The number of aryl methyl sites for hydroxylation is 4. The van der Waals surface area contributed by atoms with Gasteiger partial charge in [-0.05, 0) is 98.2 Å². The van der Waals surface area contributed by atoms with E-state index >= 15 is 0 Å². The van der Waals surface area contributed by atoms with E-state index < -0.39 is 0 Å². The number of hydrogen-bond donors (Lipinski definition) is 1. The Morgan fingerprint density at radius 3 is 1.16 bits per heavy atom. The van der Waals surface area contributed by atoms with Gasteiger partial charge in [0.15, 0.2) is 0 Å². The van der Waals surface area contributed by atoms with Crippen LogP contribution in [0.25, 0.3) is 11.1 Å². The van der Waals surface area contributed by atoms with Crippen LogP contribution in [0.15, 0.2) is 54.6 Å². The van der Waals surface area contributed by atoms with Gasteiger partial charge in [0.05, 0.1) is 0 Å². The van der Waals surface area contributed by atoms with Crippen LogP contribution in [0.4, 0.5) is 0 Å². The van der Waals surface area contributed by atoms with Crippen molar-refractivity contribution in [3.63, 3.8) is 0 Å². The molecule has 25 heavy (non-hydrogen) atoms. The number of aromatic hydroxyl groups is 1. The molecule has 0 atom stereocenters. The van der Waals surface area contributed by atoms with Crippen molar-refractivity contribution in [2.24, 2.45) is 0 Å². The van der Waals surface area contributed by atoms with Crippen LogP contribution in [0.5, 0.6) is 5.75 Å². The summed E-state index contributed by atoms with van der Waals surface area (Å²) in [4.78, 5) is 0. The molecule has 130 valence electrons. The summed E-state index contributed by atoms with van der Waals surface area (Å²) in [5.74, 6) is 0.322. The highest BCUT2D eigenvalue weighted by atomic mass is 16.3. The molecule has 0 spiro atoms. The van der Waals surface area contributed by atoms with E-state index in [1.165, 1.54) is 44.5 Å². The van der Waals surface area contributed by atoms with Gasteiger partial charge in [-0.25, -0.2) is 0 Å². The van der Waals surface area contributed by atoms with E-state index in [-0.39, 0.29) is 0 Å². The average molecular weight is 332 g/mol. The first-order valence-electron chi connectivity index (χ1n) is 8.71. The van der Waals surface area contributed by atoms with Crippen LogP contribution < -0.4 is 0 Å². The standard InChI is InChI=1S/C18H22.C6H6O/c1-11-7-9-13(3)17(15(11)5)18-14(4)10-8-12(2)16(18)6;7-6-4-2-1-3-5-6/h7-10H,1-6H3;1-5,7H. The minimum Gasteiger partial charge on any atom is -0.508 e. The summed E-state index contributed by atoms with van der Waals surface area (Å²) in [6, 6.07) is 17.6. The molecule has 3 rings (SSSR count). The highest BCUT2D eigenvalue weighted by Gasteiger charge is 2.13. The summed E-state index contributed by atoms with van der Waals surface area (Å²) >= 11 is 0. The van der Waals surface area contributed by atoms with Gasteiger partial charge in [0.1, 0.15) is 5.75 Å². The zero-order valence-electron chi connectivity index (χ0n) is 16.1. The summed E-state index contributed by atoms with van der Waals surface area (Å²) in [5, 5.41) is 8.63. The predicted octanol–water partition coefficient (Wildman–Crippen LogP) is 6.60. The summed E-state index contributed by atoms with van der Waals surface area (Å²) in [5.41, 5.74) is 11.2. The van der Waals surface area contributed by atoms with Gasteiger partial charge in [-0.3, -0.25) is 0 Å². The Balaban J connectivity index is 0.000000269. The normalized spacial score (nSPS) is 10.2. The molecule has 0 radical (unpaired) electrons. The summed E-state index contributed by atoms with van der Waals surface area (Å²) in [6.45, 7) is 13.3. The molecule has 0 saturated heterocycles. The molecule has 0 bridgehead atoms. The first-order chi connectivity index (χ1) is 11.8. The monoisotopic (exact) mass is 332 g/mol. The maximum Gasteiger partial charge on any atom is 0.115 e. The molecule has 1 N–H and O–H groups in total. The van der Waals surface area contributed by atoms with Crippen molar-refractivity contribution in [3.05, 3.63) is 88.0 Å². The molecule has 3 aromatic rings. The maximum atomic E-state index is 8.63. The van der Waals surface area contributed by atoms with Gasteiger partial charge in [-0.2, -0.15) is 0 Å². The smallest absolute Gasteiger partial charge is 0.115 e. The average Bonchev–Trinajstić information content (AvgIpc) is 2.59. The van der Waals surface area contributed by atoms with Crippen LogP contribution in [0.3, 0.4) is 0 Å². The molecule has 0 aliphatic rings. The lowest BCUT2D eigenvalue weighted by atomic mass is 9.86.